The number of hydrogen-bond donors (Lipinski definition) is 2. The van der Waals surface area contributed by atoms with Gasteiger partial charge in [0.15, 0.2) is 5.65 Å². The maximum Gasteiger partial charge on any atom is 0.221 e. The zero-order chi connectivity index (χ0) is 22.8. The van der Waals surface area contributed by atoms with Crippen LogP contribution in [0.1, 0.15) is 38.2 Å². The van der Waals surface area contributed by atoms with Gasteiger partial charge in [0.05, 0.1) is 6.33 Å². The zero-order valence-electron chi connectivity index (χ0n) is 18.6. The molecule has 2 N–H and O–H groups in total. The number of fused-ring (bicyclic) bond motifs is 1. The van der Waals surface area contributed by atoms with Crippen LogP contribution in [0, 0.1) is 6.92 Å². The summed E-state index contributed by atoms with van der Waals surface area (Å²) in [6, 6.07) is 11.3. The number of imidazole rings is 1. The summed E-state index contributed by atoms with van der Waals surface area (Å²) in [4.78, 5) is 29.9. The van der Waals surface area contributed by atoms with Crippen molar-refractivity contribution in [2.24, 2.45) is 0 Å². The van der Waals surface area contributed by atoms with Gasteiger partial charge in [0, 0.05) is 36.7 Å². The number of carbonyl (C=O) groups is 1. The molecule has 1 aromatic carbocycles. The molecule has 0 spiro atoms. The molecule has 0 saturated carbocycles. The Morgan fingerprint density at radius 3 is 2.67 bits per heavy atom. The molecule has 33 heavy (non-hydrogen) atoms. The average Bonchev–Trinajstić information content (AvgIpc) is 3.24. The highest BCUT2D eigenvalue weighted by molar-refractivity contribution is 5.92. The fraction of sp³-hybridized carbons (Fsp3) is 0.292. The summed E-state index contributed by atoms with van der Waals surface area (Å²) in [6.07, 6.45) is 6.62. The van der Waals surface area contributed by atoms with Crippen molar-refractivity contribution in [3.63, 3.8) is 0 Å². The summed E-state index contributed by atoms with van der Waals surface area (Å²) in [5, 5.41) is 6.13. The molecule has 1 atom stereocenters. The Balaban J connectivity index is 1.52. The SMILES string of the molecule is CC(=O)Nc1ccc(Nc2ncccc2-c2nc(C)nc3c2ncn3C2CCCCO2)cc1. The van der Waals surface area contributed by atoms with Crippen LogP contribution in [0.15, 0.2) is 48.9 Å². The third-order valence-electron chi connectivity index (χ3n) is 5.53. The van der Waals surface area contributed by atoms with Gasteiger partial charge in [-0.1, -0.05) is 0 Å². The van der Waals surface area contributed by atoms with Gasteiger partial charge >= 0.3 is 0 Å². The van der Waals surface area contributed by atoms with Crippen molar-refractivity contribution in [2.75, 3.05) is 17.2 Å². The van der Waals surface area contributed by atoms with Gasteiger partial charge in [-0.3, -0.25) is 9.36 Å². The molecular formula is C24H25N7O2. The van der Waals surface area contributed by atoms with Gasteiger partial charge in [-0.2, -0.15) is 0 Å². The number of ether oxygens (including phenoxy) is 1. The Morgan fingerprint density at radius 1 is 1.09 bits per heavy atom. The second-order valence-corrected chi connectivity index (χ2v) is 8.05. The van der Waals surface area contributed by atoms with E-state index in [-0.39, 0.29) is 12.1 Å². The van der Waals surface area contributed by atoms with E-state index >= 15 is 0 Å². The van der Waals surface area contributed by atoms with E-state index in [0.29, 0.717) is 17.2 Å². The third kappa shape index (κ3) is 4.40. The summed E-state index contributed by atoms with van der Waals surface area (Å²) in [6.45, 7) is 4.11. The van der Waals surface area contributed by atoms with Crippen LogP contribution in [0.4, 0.5) is 17.2 Å². The van der Waals surface area contributed by atoms with Crippen LogP contribution in [0.5, 0.6) is 0 Å². The van der Waals surface area contributed by atoms with Crippen LogP contribution < -0.4 is 10.6 Å². The predicted octanol–water partition coefficient (Wildman–Crippen LogP) is 4.60. The lowest BCUT2D eigenvalue weighted by atomic mass is 10.1. The number of hydrogen-bond acceptors (Lipinski definition) is 7. The molecule has 5 rings (SSSR count). The molecule has 1 amide bonds. The van der Waals surface area contributed by atoms with Gasteiger partial charge in [0.1, 0.15) is 29.1 Å². The van der Waals surface area contributed by atoms with Crippen LogP contribution in [0.3, 0.4) is 0 Å². The lowest BCUT2D eigenvalue weighted by Gasteiger charge is -2.23. The molecule has 0 aliphatic carbocycles. The lowest BCUT2D eigenvalue weighted by molar-refractivity contribution is -0.114. The van der Waals surface area contributed by atoms with E-state index in [1.807, 2.05) is 47.9 Å². The Hall–Kier alpha value is -3.85. The van der Waals surface area contributed by atoms with Gasteiger partial charge in [0.25, 0.3) is 0 Å². The van der Waals surface area contributed by atoms with Crippen LogP contribution >= 0.6 is 0 Å². The molecule has 1 aliphatic rings. The normalized spacial score (nSPS) is 16.0. The van der Waals surface area contributed by atoms with E-state index in [4.69, 9.17) is 9.72 Å². The topological polar surface area (TPSA) is 107 Å². The number of benzene rings is 1. The first-order valence-corrected chi connectivity index (χ1v) is 11.0. The molecule has 1 unspecified atom stereocenters. The number of nitrogens with zero attached hydrogens (tertiary/aromatic N) is 5. The first kappa shape index (κ1) is 21.0. The van der Waals surface area contributed by atoms with E-state index in [2.05, 4.69) is 25.6 Å². The van der Waals surface area contributed by atoms with E-state index < -0.39 is 0 Å². The minimum atomic E-state index is -0.107. The predicted molar refractivity (Wildman–Crippen MR) is 126 cm³/mol. The first-order valence-electron chi connectivity index (χ1n) is 11.0. The number of pyridine rings is 1. The smallest absolute Gasteiger partial charge is 0.221 e. The Bertz CT molecular complexity index is 1290. The molecule has 168 valence electrons. The molecule has 0 radical (unpaired) electrons. The third-order valence-corrected chi connectivity index (χ3v) is 5.53. The van der Waals surface area contributed by atoms with Gasteiger partial charge in [-0.15, -0.1) is 0 Å². The highest BCUT2D eigenvalue weighted by Crippen LogP contribution is 2.33. The maximum absolute atomic E-state index is 11.3. The molecule has 1 aliphatic heterocycles. The monoisotopic (exact) mass is 443 g/mol. The number of nitrogens with one attached hydrogen (secondary N) is 2. The number of anilines is 3. The summed E-state index contributed by atoms with van der Waals surface area (Å²) < 4.78 is 7.97. The Labute approximate surface area is 191 Å². The fourth-order valence-electron chi connectivity index (χ4n) is 4.04. The van der Waals surface area contributed by atoms with Crippen molar-refractivity contribution in [1.29, 1.82) is 0 Å². The molecular weight excluding hydrogens is 418 g/mol. The van der Waals surface area contributed by atoms with Crippen molar-refractivity contribution >= 4 is 34.3 Å². The number of amides is 1. The summed E-state index contributed by atoms with van der Waals surface area (Å²) in [5.41, 5.74) is 4.60. The van der Waals surface area contributed by atoms with Crippen molar-refractivity contribution in [3.8, 4) is 11.3 Å². The Kier molecular flexibility index (Phi) is 5.70. The second kappa shape index (κ2) is 8.95. The van der Waals surface area contributed by atoms with E-state index in [9.17, 15) is 4.79 Å². The van der Waals surface area contributed by atoms with E-state index in [1.165, 1.54) is 6.92 Å². The minimum absolute atomic E-state index is 0.0560. The summed E-state index contributed by atoms with van der Waals surface area (Å²) in [7, 11) is 0. The summed E-state index contributed by atoms with van der Waals surface area (Å²) >= 11 is 0. The number of aromatic nitrogens is 5. The minimum Gasteiger partial charge on any atom is -0.358 e. The van der Waals surface area contributed by atoms with Crippen molar-refractivity contribution in [1.82, 2.24) is 24.5 Å². The van der Waals surface area contributed by atoms with Crippen LogP contribution in [-0.4, -0.2) is 37.0 Å². The quantitative estimate of drug-likeness (QED) is 0.464. The average molecular weight is 444 g/mol. The molecule has 1 saturated heterocycles. The highest BCUT2D eigenvalue weighted by atomic mass is 16.5. The standard InChI is InChI=1S/C24H25N7O2/c1-15-27-21(22-24(28-15)31(14-26-22)20-7-3-4-13-33-20)19-6-5-12-25-23(19)30-18-10-8-17(9-11-18)29-16(2)32/h5-6,8-12,14,20H,3-4,7,13H2,1-2H3,(H,25,30)(H,29,32). The fourth-order valence-corrected chi connectivity index (χ4v) is 4.04. The van der Waals surface area contributed by atoms with Crippen molar-refractivity contribution in [2.45, 2.75) is 39.3 Å². The second-order valence-electron chi connectivity index (χ2n) is 8.05. The van der Waals surface area contributed by atoms with Gasteiger partial charge in [-0.25, -0.2) is 19.9 Å². The molecule has 0 bridgehead atoms. The lowest BCUT2D eigenvalue weighted by Crippen LogP contribution is -2.17. The maximum atomic E-state index is 11.3. The van der Waals surface area contributed by atoms with Crippen molar-refractivity contribution in [3.05, 3.63) is 54.7 Å². The van der Waals surface area contributed by atoms with Gasteiger partial charge in [0.2, 0.25) is 5.91 Å². The van der Waals surface area contributed by atoms with Crippen LogP contribution in [0.25, 0.3) is 22.4 Å². The molecule has 4 heterocycles. The summed E-state index contributed by atoms with van der Waals surface area (Å²) in [5.74, 6) is 1.21. The number of rotatable bonds is 5. The molecule has 1 fully saturated rings. The van der Waals surface area contributed by atoms with Gasteiger partial charge < -0.3 is 15.4 Å². The van der Waals surface area contributed by atoms with Crippen molar-refractivity contribution < 1.29 is 9.53 Å². The Morgan fingerprint density at radius 2 is 1.91 bits per heavy atom. The van der Waals surface area contributed by atoms with E-state index in [0.717, 1.165) is 54.1 Å². The highest BCUT2D eigenvalue weighted by Gasteiger charge is 2.22. The molecule has 4 aromatic rings. The van der Waals surface area contributed by atoms with Gasteiger partial charge in [-0.05, 0) is 62.6 Å². The molecule has 9 nitrogen and oxygen atoms in total. The largest absolute Gasteiger partial charge is 0.358 e. The van der Waals surface area contributed by atoms with Crippen LogP contribution in [0.2, 0.25) is 0 Å². The first-order chi connectivity index (χ1) is 16.1. The number of carbonyl (C=O) groups excluding carboxylic acids is 1. The molecule has 3 aromatic heterocycles. The molecule has 9 heteroatoms. The zero-order valence-corrected chi connectivity index (χ0v) is 18.6. The van der Waals surface area contributed by atoms with E-state index in [1.54, 1.807) is 12.5 Å². The van der Waals surface area contributed by atoms with Crippen LogP contribution in [-0.2, 0) is 9.53 Å². The number of aryl methyl sites for hydroxylation is 1.